The summed E-state index contributed by atoms with van der Waals surface area (Å²) in [7, 11) is 4.00. The number of nitrogens with one attached hydrogen (secondary N) is 1. The maximum Gasteiger partial charge on any atom is 0.246 e. The lowest BCUT2D eigenvalue weighted by atomic mass is 10.2. The van der Waals surface area contributed by atoms with E-state index < -0.39 is 0 Å². The van der Waals surface area contributed by atoms with Crippen LogP contribution in [0.5, 0.6) is 0 Å². The lowest BCUT2D eigenvalue weighted by Gasteiger charge is -2.12. The summed E-state index contributed by atoms with van der Waals surface area (Å²) in [6.07, 6.45) is 0. The van der Waals surface area contributed by atoms with Crippen molar-refractivity contribution in [3.63, 3.8) is 0 Å². The fourth-order valence-electron chi connectivity index (χ4n) is 1.25. The molecule has 0 aliphatic heterocycles. The molecule has 3 nitrogen and oxygen atoms in total. The molecule has 0 fully saturated rings. The highest BCUT2D eigenvalue weighted by molar-refractivity contribution is 5.91. The molecule has 0 saturated heterocycles. The summed E-state index contributed by atoms with van der Waals surface area (Å²) in [5.41, 5.74) is 2.76. The number of anilines is 1. The van der Waals surface area contributed by atoms with Crippen molar-refractivity contribution < 1.29 is 4.79 Å². The van der Waals surface area contributed by atoms with Gasteiger partial charge in [-0.1, -0.05) is 18.7 Å². The Labute approximate surface area is 96.8 Å². The predicted octanol–water partition coefficient (Wildman–Crippen LogP) is 1.94. The van der Waals surface area contributed by atoms with Gasteiger partial charge in [0.15, 0.2) is 0 Å². The van der Waals surface area contributed by atoms with Crippen LogP contribution in [0.1, 0.15) is 12.5 Å². The first-order chi connectivity index (χ1) is 7.50. The molecule has 86 valence electrons. The first-order valence-corrected chi connectivity index (χ1v) is 5.20. The maximum atomic E-state index is 11.3. The van der Waals surface area contributed by atoms with Crippen LogP contribution in [0.2, 0.25) is 0 Å². The Kier molecular flexibility index (Phi) is 4.11. The second kappa shape index (κ2) is 5.35. The Balaban J connectivity index is 2.56. The molecule has 1 aromatic rings. The van der Waals surface area contributed by atoms with E-state index in [1.165, 1.54) is 0 Å². The summed E-state index contributed by atoms with van der Waals surface area (Å²) in [5.74, 6) is -0.100. The zero-order chi connectivity index (χ0) is 12.1. The van der Waals surface area contributed by atoms with Crippen molar-refractivity contribution in [3.05, 3.63) is 42.0 Å². The van der Waals surface area contributed by atoms with Crippen molar-refractivity contribution in [1.29, 1.82) is 0 Å². The van der Waals surface area contributed by atoms with Crippen LogP contribution in [0.4, 0.5) is 5.69 Å². The van der Waals surface area contributed by atoms with Gasteiger partial charge in [-0.2, -0.15) is 0 Å². The van der Waals surface area contributed by atoms with Crippen LogP contribution in [0.25, 0.3) is 0 Å². The van der Waals surface area contributed by atoms with Crippen molar-refractivity contribution in [1.82, 2.24) is 5.32 Å². The van der Waals surface area contributed by atoms with Gasteiger partial charge in [-0.25, -0.2) is 0 Å². The SMILES string of the molecule is C=C(C)C(=O)NCc1ccc(N(C)C)cc1. The average Bonchev–Trinajstić information content (AvgIpc) is 2.26. The normalized spacial score (nSPS) is 9.69. The summed E-state index contributed by atoms with van der Waals surface area (Å²) < 4.78 is 0. The van der Waals surface area contributed by atoms with E-state index in [9.17, 15) is 4.79 Å². The van der Waals surface area contributed by atoms with E-state index >= 15 is 0 Å². The number of carbonyl (C=O) groups is 1. The molecule has 0 heterocycles. The maximum absolute atomic E-state index is 11.3. The Hall–Kier alpha value is -1.77. The topological polar surface area (TPSA) is 32.3 Å². The molecule has 0 aliphatic rings. The predicted molar refractivity (Wildman–Crippen MR) is 67.4 cm³/mol. The molecule has 16 heavy (non-hydrogen) atoms. The van der Waals surface area contributed by atoms with Crippen LogP contribution in [0.3, 0.4) is 0 Å². The van der Waals surface area contributed by atoms with Crippen LogP contribution >= 0.6 is 0 Å². The van der Waals surface area contributed by atoms with Gasteiger partial charge in [-0.3, -0.25) is 4.79 Å². The smallest absolute Gasteiger partial charge is 0.246 e. The molecule has 1 N–H and O–H groups in total. The zero-order valence-corrected chi connectivity index (χ0v) is 10.1. The molecule has 0 saturated carbocycles. The van der Waals surface area contributed by atoms with Gasteiger partial charge < -0.3 is 10.2 Å². The molecule has 0 unspecified atom stereocenters. The Bertz CT molecular complexity index is 379. The standard InChI is InChI=1S/C13H18N2O/c1-10(2)13(16)14-9-11-5-7-12(8-6-11)15(3)4/h5-8H,1,9H2,2-4H3,(H,14,16). The summed E-state index contributed by atoms with van der Waals surface area (Å²) in [5, 5.41) is 2.79. The van der Waals surface area contributed by atoms with Gasteiger partial charge in [0.1, 0.15) is 0 Å². The molecule has 0 aromatic heterocycles. The minimum absolute atomic E-state index is 0.100. The second-order valence-corrected chi connectivity index (χ2v) is 4.02. The highest BCUT2D eigenvalue weighted by Crippen LogP contribution is 2.11. The number of benzene rings is 1. The third kappa shape index (κ3) is 3.42. The first kappa shape index (κ1) is 12.3. The Morgan fingerprint density at radius 3 is 2.31 bits per heavy atom. The molecular formula is C13H18N2O. The summed E-state index contributed by atoms with van der Waals surface area (Å²) in [6, 6.07) is 8.08. The van der Waals surface area contributed by atoms with Crippen LogP contribution in [0.15, 0.2) is 36.4 Å². The van der Waals surface area contributed by atoms with Crippen molar-refractivity contribution in [2.45, 2.75) is 13.5 Å². The minimum atomic E-state index is -0.100. The fraction of sp³-hybridized carbons (Fsp3) is 0.308. The number of carbonyl (C=O) groups excluding carboxylic acids is 1. The number of hydrogen-bond donors (Lipinski definition) is 1. The Morgan fingerprint density at radius 2 is 1.88 bits per heavy atom. The van der Waals surface area contributed by atoms with E-state index in [-0.39, 0.29) is 5.91 Å². The van der Waals surface area contributed by atoms with Crippen molar-refractivity contribution >= 4 is 11.6 Å². The lowest BCUT2D eigenvalue weighted by Crippen LogP contribution is -2.22. The second-order valence-electron chi connectivity index (χ2n) is 4.02. The Morgan fingerprint density at radius 1 is 1.31 bits per heavy atom. The van der Waals surface area contributed by atoms with Crippen LogP contribution in [0, 0.1) is 0 Å². The van der Waals surface area contributed by atoms with Gasteiger partial charge in [0, 0.05) is 31.9 Å². The van der Waals surface area contributed by atoms with Gasteiger partial charge in [0.2, 0.25) is 5.91 Å². The highest BCUT2D eigenvalue weighted by atomic mass is 16.1. The molecule has 1 rings (SSSR count). The van der Waals surface area contributed by atoms with Crippen molar-refractivity contribution in [2.75, 3.05) is 19.0 Å². The highest BCUT2D eigenvalue weighted by Gasteiger charge is 2.01. The summed E-state index contributed by atoms with van der Waals surface area (Å²) in [4.78, 5) is 13.3. The van der Waals surface area contributed by atoms with Gasteiger partial charge >= 0.3 is 0 Å². The molecule has 0 atom stereocenters. The molecule has 1 aromatic carbocycles. The zero-order valence-electron chi connectivity index (χ0n) is 10.1. The van der Waals surface area contributed by atoms with Crippen LogP contribution < -0.4 is 10.2 Å². The number of amides is 1. The van der Waals surface area contributed by atoms with Crippen LogP contribution in [-0.2, 0) is 11.3 Å². The third-order valence-electron chi connectivity index (χ3n) is 2.29. The summed E-state index contributed by atoms with van der Waals surface area (Å²) in [6.45, 7) is 5.83. The molecule has 0 radical (unpaired) electrons. The van der Waals surface area contributed by atoms with Crippen LogP contribution in [-0.4, -0.2) is 20.0 Å². The number of hydrogen-bond acceptors (Lipinski definition) is 2. The van der Waals surface area contributed by atoms with Gasteiger partial charge in [-0.05, 0) is 24.6 Å². The third-order valence-corrected chi connectivity index (χ3v) is 2.29. The molecule has 1 amide bonds. The van der Waals surface area contributed by atoms with Crippen molar-refractivity contribution in [3.8, 4) is 0 Å². The first-order valence-electron chi connectivity index (χ1n) is 5.20. The monoisotopic (exact) mass is 218 g/mol. The van der Waals surface area contributed by atoms with Gasteiger partial charge in [0.05, 0.1) is 0 Å². The van der Waals surface area contributed by atoms with E-state index in [0.29, 0.717) is 12.1 Å². The number of nitrogens with zero attached hydrogens (tertiary/aromatic N) is 1. The van der Waals surface area contributed by atoms with E-state index in [1.54, 1.807) is 6.92 Å². The fourth-order valence-corrected chi connectivity index (χ4v) is 1.25. The van der Waals surface area contributed by atoms with E-state index in [1.807, 2.05) is 43.3 Å². The molecule has 0 spiro atoms. The summed E-state index contributed by atoms with van der Waals surface area (Å²) >= 11 is 0. The van der Waals surface area contributed by atoms with Crippen molar-refractivity contribution in [2.24, 2.45) is 0 Å². The quantitative estimate of drug-likeness (QED) is 0.783. The molecule has 0 bridgehead atoms. The van der Waals surface area contributed by atoms with E-state index in [2.05, 4.69) is 11.9 Å². The minimum Gasteiger partial charge on any atom is -0.378 e. The average molecular weight is 218 g/mol. The molecule has 0 aliphatic carbocycles. The molecule has 3 heteroatoms. The largest absolute Gasteiger partial charge is 0.378 e. The van der Waals surface area contributed by atoms with Gasteiger partial charge in [-0.15, -0.1) is 0 Å². The molecular weight excluding hydrogens is 200 g/mol. The van der Waals surface area contributed by atoms with E-state index in [4.69, 9.17) is 0 Å². The number of rotatable bonds is 4. The lowest BCUT2D eigenvalue weighted by molar-refractivity contribution is -0.117. The van der Waals surface area contributed by atoms with E-state index in [0.717, 1.165) is 11.3 Å². The van der Waals surface area contributed by atoms with Gasteiger partial charge in [0.25, 0.3) is 0 Å².